The van der Waals surface area contributed by atoms with Gasteiger partial charge >= 0.3 is 5.97 Å². The molecule has 1 heterocycles. The number of H-pyrrole nitrogens is 1. The zero-order valence-electron chi connectivity index (χ0n) is 11.2. The number of hydrogen-bond acceptors (Lipinski definition) is 3. The fourth-order valence-corrected chi connectivity index (χ4v) is 2.00. The van der Waals surface area contributed by atoms with Crippen LogP contribution in [0.5, 0.6) is 0 Å². The number of nitrogens with one attached hydrogen (secondary N) is 1. The van der Waals surface area contributed by atoms with Gasteiger partial charge in [0.15, 0.2) is 5.78 Å². The Hall–Kier alpha value is -2.10. The van der Waals surface area contributed by atoms with E-state index in [4.69, 9.17) is 4.74 Å². The van der Waals surface area contributed by atoms with E-state index in [-0.39, 0.29) is 11.8 Å². The highest BCUT2D eigenvalue weighted by molar-refractivity contribution is 6.01. The summed E-state index contributed by atoms with van der Waals surface area (Å²) in [5, 5.41) is 0.852. The Morgan fingerprint density at radius 2 is 2.00 bits per heavy atom. The molecule has 100 valence electrons. The highest BCUT2D eigenvalue weighted by Crippen LogP contribution is 2.19. The Kier molecular flexibility index (Phi) is 4.00. The molecule has 0 aliphatic rings. The molecule has 1 aromatic heterocycles. The standard InChI is InChI=1S/C15H17NO3/c1-3-5-14(17)10-6-7-12-11(8-10)9-13(16-12)15(18)19-4-2/h6-9,16H,3-5H2,1-2H3. The van der Waals surface area contributed by atoms with Gasteiger partial charge in [-0.15, -0.1) is 0 Å². The number of esters is 1. The van der Waals surface area contributed by atoms with E-state index in [1.54, 1.807) is 19.1 Å². The summed E-state index contributed by atoms with van der Waals surface area (Å²) in [7, 11) is 0. The summed E-state index contributed by atoms with van der Waals surface area (Å²) < 4.78 is 4.94. The van der Waals surface area contributed by atoms with Gasteiger partial charge < -0.3 is 9.72 Å². The van der Waals surface area contributed by atoms with Crippen molar-refractivity contribution >= 4 is 22.7 Å². The molecule has 2 rings (SSSR count). The third kappa shape index (κ3) is 2.84. The lowest BCUT2D eigenvalue weighted by atomic mass is 10.1. The normalized spacial score (nSPS) is 10.6. The lowest BCUT2D eigenvalue weighted by molar-refractivity contribution is 0.0520. The first kappa shape index (κ1) is 13.3. The van der Waals surface area contributed by atoms with Gasteiger partial charge in [0.05, 0.1) is 6.61 Å². The van der Waals surface area contributed by atoms with Gasteiger partial charge in [-0.3, -0.25) is 4.79 Å². The number of benzene rings is 1. The minimum Gasteiger partial charge on any atom is -0.461 e. The SMILES string of the molecule is CCCC(=O)c1ccc2[nH]c(C(=O)OCC)cc2c1. The first-order valence-electron chi connectivity index (χ1n) is 6.48. The molecule has 2 aromatic rings. The maximum atomic E-state index is 11.8. The monoisotopic (exact) mass is 259 g/mol. The number of aromatic nitrogens is 1. The van der Waals surface area contributed by atoms with E-state index in [0.29, 0.717) is 24.3 Å². The van der Waals surface area contributed by atoms with Crippen LogP contribution in [0.25, 0.3) is 10.9 Å². The van der Waals surface area contributed by atoms with Crippen molar-refractivity contribution in [3.05, 3.63) is 35.5 Å². The van der Waals surface area contributed by atoms with E-state index >= 15 is 0 Å². The molecule has 19 heavy (non-hydrogen) atoms. The highest BCUT2D eigenvalue weighted by Gasteiger charge is 2.12. The molecule has 0 aliphatic heterocycles. The van der Waals surface area contributed by atoms with Crippen molar-refractivity contribution in [2.75, 3.05) is 6.61 Å². The van der Waals surface area contributed by atoms with Gasteiger partial charge in [0.2, 0.25) is 0 Å². The number of aromatic amines is 1. The van der Waals surface area contributed by atoms with Crippen molar-refractivity contribution in [1.82, 2.24) is 4.98 Å². The molecule has 0 saturated carbocycles. The van der Waals surface area contributed by atoms with Crippen LogP contribution in [0.2, 0.25) is 0 Å². The molecular formula is C15H17NO3. The summed E-state index contributed by atoms with van der Waals surface area (Å²) in [6.07, 6.45) is 1.37. The molecule has 0 fully saturated rings. The molecule has 4 nitrogen and oxygen atoms in total. The summed E-state index contributed by atoms with van der Waals surface area (Å²) in [6.45, 7) is 4.09. The minimum atomic E-state index is -0.375. The van der Waals surface area contributed by atoms with Gasteiger partial charge in [-0.25, -0.2) is 4.79 Å². The van der Waals surface area contributed by atoms with Crippen molar-refractivity contribution < 1.29 is 14.3 Å². The Balaban J connectivity index is 2.33. The predicted octanol–water partition coefficient (Wildman–Crippen LogP) is 3.33. The van der Waals surface area contributed by atoms with Gasteiger partial charge in [0, 0.05) is 22.9 Å². The van der Waals surface area contributed by atoms with E-state index in [1.165, 1.54) is 0 Å². The number of carbonyl (C=O) groups is 2. The smallest absolute Gasteiger partial charge is 0.354 e. The Bertz CT molecular complexity index is 597. The number of carbonyl (C=O) groups excluding carboxylic acids is 2. The first-order chi connectivity index (χ1) is 9.15. The van der Waals surface area contributed by atoms with Crippen LogP contribution >= 0.6 is 0 Å². The van der Waals surface area contributed by atoms with Crippen LogP contribution in [-0.2, 0) is 4.74 Å². The fraction of sp³-hybridized carbons (Fsp3) is 0.333. The number of hydrogen-bond donors (Lipinski definition) is 1. The van der Waals surface area contributed by atoms with Crippen LogP contribution in [0.3, 0.4) is 0 Å². The van der Waals surface area contributed by atoms with Crippen LogP contribution in [0.4, 0.5) is 0 Å². The zero-order chi connectivity index (χ0) is 13.8. The molecule has 0 saturated heterocycles. The summed E-state index contributed by atoms with van der Waals surface area (Å²) in [5.74, 6) is -0.247. The second kappa shape index (κ2) is 5.69. The van der Waals surface area contributed by atoms with Crippen LogP contribution in [0.15, 0.2) is 24.3 Å². The van der Waals surface area contributed by atoms with Crippen LogP contribution in [-0.4, -0.2) is 23.3 Å². The van der Waals surface area contributed by atoms with Gasteiger partial charge in [0.25, 0.3) is 0 Å². The highest BCUT2D eigenvalue weighted by atomic mass is 16.5. The zero-order valence-corrected chi connectivity index (χ0v) is 11.2. The van der Waals surface area contributed by atoms with Crippen molar-refractivity contribution in [2.24, 2.45) is 0 Å². The van der Waals surface area contributed by atoms with Gasteiger partial charge in [0.1, 0.15) is 5.69 Å². The summed E-state index contributed by atoms with van der Waals surface area (Å²) in [6, 6.07) is 7.13. The molecule has 0 atom stereocenters. The number of ketones is 1. The summed E-state index contributed by atoms with van der Waals surface area (Å²) >= 11 is 0. The molecule has 1 N–H and O–H groups in total. The molecule has 0 aliphatic carbocycles. The third-order valence-electron chi connectivity index (χ3n) is 2.92. The Morgan fingerprint density at radius 1 is 1.21 bits per heavy atom. The largest absolute Gasteiger partial charge is 0.461 e. The number of ether oxygens (including phenoxy) is 1. The van der Waals surface area contributed by atoms with E-state index in [0.717, 1.165) is 17.3 Å². The van der Waals surface area contributed by atoms with Gasteiger partial charge in [-0.1, -0.05) is 6.92 Å². The molecule has 0 radical (unpaired) electrons. The quantitative estimate of drug-likeness (QED) is 0.661. The molecule has 1 aromatic carbocycles. The lowest BCUT2D eigenvalue weighted by Crippen LogP contribution is -2.04. The van der Waals surface area contributed by atoms with E-state index < -0.39 is 0 Å². The summed E-state index contributed by atoms with van der Waals surface area (Å²) in [5.41, 5.74) is 1.93. The molecule has 0 spiro atoms. The molecule has 0 bridgehead atoms. The van der Waals surface area contributed by atoms with Crippen molar-refractivity contribution in [3.8, 4) is 0 Å². The van der Waals surface area contributed by atoms with Crippen LogP contribution in [0, 0.1) is 0 Å². The minimum absolute atomic E-state index is 0.128. The van der Waals surface area contributed by atoms with E-state index in [1.807, 2.05) is 19.1 Å². The van der Waals surface area contributed by atoms with E-state index in [2.05, 4.69) is 4.98 Å². The van der Waals surface area contributed by atoms with Gasteiger partial charge in [-0.05, 0) is 37.6 Å². The Labute approximate surface area is 111 Å². The second-order valence-corrected chi connectivity index (χ2v) is 4.38. The average molecular weight is 259 g/mol. The van der Waals surface area contributed by atoms with Crippen molar-refractivity contribution in [3.63, 3.8) is 0 Å². The maximum absolute atomic E-state index is 11.8. The first-order valence-corrected chi connectivity index (χ1v) is 6.48. The Morgan fingerprint density at radius 3 is 2.68 bits per heavy atom. The van der Waals surface area contributed by atoms with Crippen LogP contribution in [0.1, 0.15) is 47.5 Å². The molecule has 4 heteroatoms. The van der Waals surface area contributed by atoms with Crippen molar-refractivity contribution in [2.45, 2.75) is 26.7 Å². The number of fused-ring (bicyclic) bond motifs is 1. The van der Waals surface area contributed by atoms with Gasteiger partial charge in [-0.2, -0.15) is 0 Å². The topological polar surface area (TPSA) is 59.2 Å². The van der Waals surface area contributed by atoms with E-state index in [9.17, 15) is 9.59 Å². The van der Waals surface area contributed by atoms with Crippen LogP contribution < -0.4 is 0 Å². The number of Topliss-reactive ketones (excluding diaryl/α,β-unsaturated/α-hetero) is 1. The second-order valence-electron chi connectivity index (χ2n) is 4.38. The maximum Gasteiger partial charge on any atom is 0.354 e. The molecule has 0 unspecified atom stereocenters. The fourth-order valence-electron chi connectivity index (χ4n) is 2.00. The molecule has 0 amide bonds. The average Bonchev–Trinajstić information content (AvgIpc) is 2.82. The predicted molar refractivity (Wildman–Crippen MR) is 73.5 cm³/mol. The third-order valence-corrected chi connectivity index (χ3v) is 2.92. The van der Waals surface area contributed by atoms with Crippen molar-refractivity contribution in [1.29, 1.82) is 0 Å². The lowest BCUT2D eigenvalue weighted by Gasteiger charge is -1.98. The summed E-state index contributed by atoms with van der Waals surface area (Å²) in [4.78, 5) is 26.4. The number of rotatable bonds is 5. The molecular weight excluding hydrogens is 242 g/mol.